The number of amidine groups is 1. The number of rotatable bonds is 4. The Labute approximate surface area is 184 Å². The van der Waals surface area contributed by atoms with Crippen molar-refractivity contribution < 1.29 is 11.7 Å². The third-order valence-corrected chi connectivity index (χ3v) is 6.40. The molecule has 8 heteroatoms. The molecule has 5 rings (SSSR count). The van der Waals surface area contributed by atoms with Gasteiger partial charge in [0.1, 0.15) is 17.7 Å². The number of aromatic nitrogens is 2. The highest BCUT2D eigenvalue weighted by Gasteiger charge is 2.43. The zero-order chi connectivity index (χ0) is 22.3. The van der Waals surface area contributed by atoms with Crippen LogP contribution in [-0.4, -0.2) is 15.8 Å². The number of halogens is 3. The first-order valence-electron chi connectivity index (χ1n) is 9.73. The molecule has 2 heterocycles. The van der Waals surface area contributed by atoms with Crippen LogP contribution >= 0.6 is 11.2 Å². The number of aliphatic imine (C=N–C) groups is 1. The van der Waals surface area contributed by atoms with Gasteiger partial charge in [-0.15, -0.1) is 11.7 Å². The third-order valence-electron chi connectivity index (χ3n) is 5.59. The summed E-state index contributed by atoms with van der Waals surface area (Å²) < 4.78 is 39.8. The standard InChI is InChI=1S/C24H17F3N4S/c25-32(26,27)20-10-8-18(9-11-20)24(22-7-2-1-6-21(22)23(28)31-24)19-5-3-4-16(12-19)17-13-29-15-30-14-17/h1-15H,(H2,28,31). The second-order valence-corrected chi connectivity index (χ2v) is 8.68. The molecule has 3 aromatic carbocycles. The molecule has 0 fully saturated rings. The van der Waals surface area contributed by atoms with Gasteiger partial charge in [-0.3, -0.25) is 0 Å². The van der Waals surface area contributed by atoms with E-state index in [2.05, 4.69) is 9.97 Å². The molecule has 0 amide bonds. The van der Waals surface area contributed by atoms with Gasteiger partial charge < -0.3 is 5.73 Å². The van der Waals surface area contributed by atoms with E-state index in [1.807, 2.05) is 48.5 Å². The van der Waals surface area contributed by atoms with Gasteiger partial charge in [0.25, 0.3) is 0 Å². The molecule has 1 atom stereocenters. The van der Waals surface area contributed by atoms with Gasteiger partial charge in [0, 0.05) is 23.5 Å². The number of hydrogen-bond donors (Lipinski definition) is 1. The molecule has 4 aromatic rings. The molecular formula is C24H17F3N4S. The predicted octanol–water partition coefficient (Wildman–Crippen LogP) is 5.97. The molecule has 0 saturated carbocycles. The van der Waals surface area contributed by atoms with Crippen LogP contribution < -0.4 is 5.73 Å². The monoisotopic (exact) mass is 450 g/mol. The van der Waals surface area contributed by atoms with Crippen molar-refractivity contribution in [2.75, 3.05) is 0 Å². The summed E-state index contributed by atoms with van der Waals surface area (Å²) in [5.74, 6) is 0.347. The minimum absolute atomic E-state index is 0.347. The molecule has 0 aliphatic carbocycles. The summed E-state index contributed by atoms with van der Waals surface area (Å²) in [6, 6.07) is 20.5. The maximum Gasteiger partial charge on any atom is 0.237 e. The van der Waals surface area contributed by atoms with Crippen LogP contribution in [0.4, 0.5) is 11.7 Å². The summed E-state index contributed by atoms with van der Waals surface area (Å²) in [5.41, 5.74) is 9.93. The Hall–Kier alpha value is -3.65. The van der Waals surface area contributed by atoms with Crippen LogP contribution in [0.5, 0.6) is 0 Å². The molecule has 1 unspecified atom stereocenters. The molecule has 0 spiro atoms. The van der Waals surface area contributed by atoms with Gasteiger partial charge in [0.15, 0.2) is 0 Å². The Kier molecular flexibility index (Phi) is 4.74. The van der Waals surface area contributed by atoms with E-state index in [9.17, 15) is 11.7 Å². The molecule has 160 valence electrons. The van der Waals surface area contributed by atoms with Crippen LogP contribution in [0, 0.1) is 0 Å². The lowest BCUT2D eigenvalue weighted by Gasteiger charge is -2.30. The molecule has 4 nitrogen and oxygen atoms in total. The average molecular weight is 450 g/mol. The summed E-state index contributed by atoms with van der Waals surface area (Å²) in [6.45, 7) is 0. The van der Waals surface area contributed by atoms with Crippen LogP contribution in [0.2, 0.25) is 0 Å². The van der Waals surface area contributed by atoms with Crippen LogP contribution in [0.3, 0.4) is 0 Å². The van der Waals surface area contributed by atoms with Crippen molar-refractivity contribution in [3.8, 4) is 11.1 Å². The number of benzene rings is 3. The van der Waals surface area contributed by atoms with Crippen molar-refractivity contribution in [3.63, 3.8) is 0 Å². The van der Waals surface area contributed by atoms with Gasteiger partial charge in [0.2, 0.25) is 11.2 Å². The van der Waals surface area contributed by atoms with Gasteiger partial charge in [-0.05, 0) is 40.5 Å². The Morgan fingerprint density at radius 2 is 1.47 bits per heavy atom. The minimum atomic E-state index is -5.32. The Morgan fingerprint density at radius 1 is 0.750 bits per heavy atom. The fraction of sp³-hybridized carbons (Fsp3) is 0.0417. The maximum atomic E-state index is 13.3. The summed E-state index contributed by atoms with van der Waals surface area (Å²) >= 11 is -5.32. The fourth-order valence-corrected chi connectivity index (χ4v) is 4.60. The molecular weight excluding hydrogens is 433 g/mol. The van der Waals surface area contributed by atoms with E-state index < -0.39 is 21.6 Å². The van der Waals surface area contributed by atoms with Crippen molar-refractivity contribution in [1.82, 2.24) is 9.97 Å². The summed E-state index contributed by atoms with van der Waals surface area (Å²) in [6.07, 6.45) is 4.87. The second kappa shape index (κ2) is 7.49. The lowest BCUT2D eigenvalue weighted by atomic mass is 9.77. The molecule has 0 saturated heterocycles. The van der Waals surface area contributed by atoms with Gasteiger partial charge in [-0.25, -0.2) is 15.0 Å². The van der Waals surface area contributed by atoms with Crippen molar-refractivity contribution in [2.24, 2.45) is 10.7 Å². The van der Waals surface area contributed by atoms with E-state index >= 15 is 0 Å². The Balaban J connectivity index is 1.75. The van der Waals surface area contributed by atoms with E-state index in [0.717, 1.165) is 39.9 Å². The number of nitrogens with two attached hydrogens (primary N) is 1. The molecule has 1 aliphatic heterocycles. The van der Waals surface area contributed by atoms with E-state index in [-0.39, 0.29) is 0 Å². The molecule has 1 aliphatic rings. The number of nitrogens with zero attached hydrogens (tertiary/aromatic N) is 3. The Morgan fingerprint density at radius 3 is 2.19 bits per heavy atom. The van der Waals surface area contributed by atoms with Crippen LogP contribution in [0.25, 0.3) is 11.1 Å². The average Bonchev–Trinajstić information content (AvgIpc) is 3.13. The van der Waals surface area contributed by atoms with Crippen LogP contribution in [-0.2, 0) is 5.54 Å². The fourth-order valence-electron chi connectivity index (χ4n) is 4.15. The zero-order valence-corrected chi connectivity index (χ0v) is 17.4. The topological polar surface area (TPSA) is 64.2 Å². The predicted molar refractivity (Wildman–Crippen MR) is 120 cm³/mol. The highest BCUT2D eigenvalue weighted by atomic mass is 32.3. The Bertz CT molecular complexity index is 1320. The van der Waals surface area contributed by atoms with Crippen LogP contribution in [0.15, 0.2) is 101 Å². The van der Waals surface area contributed by atoms with E-state index in [1.165, 1.54) is 18.5 Å². The summed E-state index contributed by atoms with van der Waals surface area (Å²) in [4.78, 5) is 12.4. The lowest BCUT2D eigenvalue weighted by molar-refractivity contribution is 0.631. The molecule has 0 radical (unpaired) electrons. The first kappa shape index (κ1) is 20.3. The highest BCUT2D eigenvalue weighted by Crippen LogP contribution is 2.61. The quantitative estimate of drug-likeness (QED) is 0.417. The van der Waals surface area contributed by atoms with Crippen molar-refractivity contribution in [3.05, 3.63) is 114 Å². The van der Waals surface area contributed by atoms with E-state index in [1.54, 1.807) is 12.4 Å². The zero-order valence-electron chi connectivity index (χ0n) is 16.6. The number of hydrogen-bond acceptors (Lipinski definition) is 4. The largest absolute Gasteiger partial charge is 0.383 e. The second-order valence-electron chi connectivity index (χ2n) is 7.39. The number of fused-ring (bicyclic) bond motifs is 1. The first-order valence-corrected chi connectivity index (χ1v) is 11.1. The lowest BCUT2D eigenvalue weighted by Crippen LogP contribution is -2.25. The minimum Gasteiger partial charge on any atom is -0.383 e. The molecule has 32 heavy (non-hydrogen) atoms. The maximum absolute atomic E-state index is 13.3. The smallest absolute Gasteiger partial charge is 0.237 e. The summed E-state index contributed by atoms with van der Waals surface area (Å²) in [7, 11) is 0. The van der Waals surface area contributed by atoms with E-state index in [0.29, 0.717) is 11.4 Å². The molecule has 0 bridgehead atoms. The molecule has 1 aromatic heterocycles. The van der Waals surface area contributed by atoms with Gasteiger partial charge in [0.05, 0.1) is 4.90 Å². The van der Waals surface area contributed by atoms with Crippen LogP contribution in [0.1, 0.15) is 22.3 Å². The third kappa shape index (κ3) is 3.23. The van der Waals surface area contributed by atoms with E-state index in [4.69, 9.17) is 10.7 Å². The SMILES string of the molecule is NC1=NC(c2ccc(S(F)(F)F)cc2)(c2cccc(-c3cncnc3)c2)c2ccccc21. The van der Waals surface area contributed by atoms with Gasteiger partial charge in [-0.2, -0.15) is 0 Å². The van der Waals surface area contributed by atoms with Crippen molar-refractivity contribution in [2.45, 2.75) is 10.4 Å². The van der Waals surface area contributed by atoms with Gasteiger partial charge >= 0.3 is 0 Å². The van der Waals surface area contributed by atoms with Gasteiger partial charge in [-0.1, -0.05) is 54.6 Å². The van der Waals surface area contributed by atoms with Crippen molar-refractivity contribution in [1.29, 1.82) is 0 Å². The highest BCUT2D eigenvalue weighted by molar-refractivity contribution is 8.20. The first-order chi connectivity index (χ1) is 15.4. The normalized spacial score (nSPS) is 18.2. The summed E-state index contributed by atoms with van der Waals surface area (Å²) in [5, 5.41) is 0. The molecule has 2 N–H and O–H groups in total. The van der Waals surface area contributed by atoms with Crippen molar-refractivity contribution >= 4 is 17.0 Å².